The minimum atomic E-state index is -0.163. The van der Waals surface area contributed by atoms with Gasteiger partial charge in [-0.15, -0.1) is 12.4 Å². The molecule has 3 heterocycles. The molecule has 2 fully saturated rings. The van der Waals surface area contributed by atoms with Gasteiger partial charge in [0, 0.05) is 51.0 Å². The van der Waals surface area contributed by atoms with Crippen LogP contribution in [-0.4, -0.2) is 52.7 Å². The highest BCUT2D eigenvalue weighted by Crippen LogP contribution is 2.31. The van der Waals surface area contributed by atoms with Crippen LogP contribution in [0, 0.1) is 11.8 Å². The number of halogens is 1. The zero-order valence-electron chi connectivity index (χ0n) is 16.6. The van der Waals surface area contributed by atoms with Gasteiger partial charge < -0.3 is 15.5 Å². The molecule has 7 nitrogen and oxygen atoms in total. The lowest BCUT2D eigenvalue weighted by Gasteiger charge is -2.34. The SMILES string of the molecule is Cl.Cn1cc([C@H]2CNC[C@@H]2C(=O)N2CCCC(C(=O)Nc3ccccc3)C2)cn1. The van der Waals surface area contributed by atoms with E-state index < -0.39 is 0 Å². The molecule has 4 rings (SSSR count). The van der Waals surface area contributed by atoms with Crippen molar-refractivity contribution in [3.05, 3.63) is 48.3 Å². The van der Waals surface area contributed by atoms with Gasteiger partial charge in [0.1, 0.15) is 0 Å². The molecule has 1 unspecified atom stereocenters. The van der Waals surface area contributed by atoms with E-state index in [1.165, 1.54) is 0 Å². The lowest BCUT2D eigenvalue weighted by Crippen LogP contribution is -2.47. The Morgan fingerprint density at radius 3 is 2.72 bits per heavy atom. The van der Waals surface area contributed by atoms with Crippen LogP contribution in [0.4, 0.5) is 5.69 Å². The Kier molecular flexibility index (Phi) is 6.92. The van der Waals surface area contributed by atoms with Gasteiger partial charge >= 0.3 is 0 Å². The lowest BCUT2D eigenvalue weighted by atomic mass is 9.88. The zero-order chi connectivity index (χ0) is 19.5. The topological polar surface area (TPSA) is 79.3 Å². The number of carbonyl (C=O) groups is 2. The summed E-state index contributed by atoms with van der Waals surface area (Å²) in [5, 5.41) is 10.6. The highest BCUT2D eigenvalue weighted by atomic mass is 35.5. The number of hydrogen-bond donors (Lipinski definition) is 2. The number of aromatic nitrogens is 2. The third-order valence-corrected chi connectivity index (χ3v) is 5.83. The Balaban J connectivity index is 0.00000240. The second-order valence-corrected chi connectivity index (χ2v) is 7.80. The summed E-state index contributed by atoms with van der Waals surface area (Å²) in [5.74, 6) is 0.0251. The Hall–Kier alpha value is -2.38. The molecule has 2 aliphatic rings. The van der Waals surface area contributed by atoms with Crippen LogP contribution in [0.15, 0.2) is 42.7 Å². The fraction of sp³-hybridized carbons (Fsp3) is 0.476. The van der Waals surface area contributed by atoms with Crippen molar-refractivity contribution in [3.63, 3.8) is 0 Å². The molecular formula is C21H28ClN5O2. The van der Waals surface area contributed by atoms with Crippen LogP contribution in [0.2, 0.25) is 0 Å². The molecule has 0 spiro atoms. The monoisotopic (exact) mass is 417 g/mol. The van der Waals surface area contributed by atoms with E-state index in [1.807, 2.05) is 54.7 Å². The summed E-state index contributed by atoms with van der Waals surface area (Å²) < 4.78 is 1.78. The Labute approximate surface area is 177 Å². The third-order valence-electron chi connectivity index (χ3n) is 5.83. The minimum absolute atomic E-state index is 0. The summed E-state index contributed by atoms with van der Waals surface area (Å²) >= 11 is 0. The van der Waals surface area contributed by atoms with Gasteiger partial charge in [0.25, 0.3) is 0 Å². The van der Waals surface area contributed by atoms with Gasteiger partial charge in [-0.25, -0.2) is 0 Å². The van der Waals surface area contributed by atoms with Gasteiger partial charge in [0.15, 0.2) is 0 Å². The van der Waals surface area contributed by atoms with E-state index >= 15 is 0 Å². The van der Waals surface area contributed by atoms with Gasteiger partial charge in [-0.3, -0.25) is 14.3 Å². The number of para-hydroxylation sites is 1. The van der Waals surface area contributed by atoms with Crippen LogP contribution in [0.25, 0.3) is 0 Å². The lowest BCUT2D eigenvalue weighted by molar-refractivity contribution is -0.138. The van der Waals surface area contributed by atoms with E-state index in [0.717, 1.165) is 37.2 Å². The van der Waals surface area contributed by atoms with Crippen molar-refractivity contribution in [1.82, 2.24) is 20.0 Å². The van der Waals surface area contributed by atoms with E-state index in [4.69, 9.17) is 0 Å². The molecule has 0 saturated carbocycles. The van der Waals surface area contributed by atoms with Crippen LogP contribution in [0.3, 0.4) is 0 Å². The molecule has 1 aromatic heterocycles. The first kappa shape index (κ1) is 21.3. The normalized spacial score (nSPS) is 24.0. The van der Waals surface area contributed by atoms with E-state index in [0.29, 0.717) is 13.1 Å². The molecule has 2 N–H and O–H groups in total. The predicted molar refractivity (Wildman–Crippen MR) is 114 cm³/mol. The van der Waals surface area contributed by atoms with Crippen molar-refractivity contribution in [2.24, 2.45) is 18.9 Å². The summed E-state index contributed by atoms with van der Waals surface area (Å²) in [6, 6.07) is 9.49. The van der Waals surface area contributed by atoms with Crippen LogP contribution in [0.1, 0.15) is 24.3 Å². The maximum atomic E-state index is 13.2. The number of likely N-dealkylation sites (tertiary alicyclic amines) is 1. The molecule has 0 bridgehead atoms. The third kappa shape index (κ3) is 4.79. The maximum absolute atomic E-state index is 13.2. The first-order chi connectivity index (χ1) is 13.6. The van der Waals surface area contributed by atoms with E-state index in [2.05, 4.69) is 15.7 Å². The smallest absolute Gasteiger partial charge is 0.229 e. The number of hydrogen-bond acceptors (Lipinski definition) is 4. The molecule has 2 saturated heterocycles. The number of amides is 2. The number of rotatable bonds is 4. The molecule has 0 aliphatic carbocycles. The number of carbonyl (C=O) groups excluding carboxylic acids is 2. The highest BCUT2D eigenvalue weighted by molar-refractivity contribution is 5.93. The second-order valence-electron chi connectivity index (χ2n) is 7.80. The average molecular weight is 418 g/mol. The number of aryl methyl sites for hydroxylation is 1. The van der Waals surface area contributed by atoms with Crippen LogP contribution in [0.5, 0.6) is 0 Å². The predicted octanol–water partition coefficient (Wildman–Crippen LogP) is 2.02. The Morgan fingerprint density at radius 1 is 1.21 bits per heavy atom. The summed E-state index contributed by atoms with van der Waals surface area (Å²) in [4.78, 5) is 27.8. The van der Waals surface area contributed by atoms with Crippen LogP contribution in [-0.2, 0) is 16.6 Å². The van der Waals surface area contributed by atoms with Gasteiger partial charge in [-0.1, -0.05) is 18.2 Å². The van der Waals surface area contributed by atoms with Crippen molar-refractivity contribution in [1.29, 1.82) is 0 Å². The van der Waals surface area contributed by atoms with E-state index in [1.54, 1.807) is 4.68 Å². The summed E-state index contributed by atoms with van der Waals surface area (Å²) in [7, 11) is 1.89. The molecule has 1 aromatic carbocycles. The van der Waals surface area contributed by atoms with Gasteiger partial charge in [-0.2, -0.15) is 5.10 Å². The average Bonchev–Trinajstić information content (AvgIpc) is 3.37. The Bertz CT molecular complexity index is 841. The summed E-state index contributed by atoms with van der Waals surface area (Å²) in [6.07, 6.45) is 5.52. The van der Waals surface area contributed by atoms with Crippen LogP contribution < -0.4 is 10.6 Å². The molecular weight excluding hydrogens is 390 g/mol. The largest absolute Gasteiger partial charge is 0.342 e. The standard InChI is InChI=1S/C21H27N5O2.ClH/c1-25-13-16(10-23-25)18-11-22-12-19(18)21(28)26-9-5-6-15(14-26)20(27)24-17-7-3-2-4-8-17;/h2-4,7-8,10,13,15,18-19,22H,5-6,9,11-12,14H2,1H3,(H,24,27);1H/t15?,18-,19+;/m1./s1. The number of nitrogens with one attached hydrogen (secondary N) is 2. The summed E-state index contributed by atoms with van der Waals surface area (Å²) in [5.41, 5.74) is 1.90. The second kappa shape index (κ2) is 9.41. The molecule has 156 valence electrons. The highest BCUT2D eigenvalue weighted by Gasteiger charge is 2.39. The molecule has 2 amide bonds. The van der Waals surface area contributed by atoms with Crippen molar-refractivity contribution >= 4 is 29.9 Å². The first-order valence-electron chi connectivity index (χ1n) is 9.96. The Morgan fingerprint density at radius 2 is 2.00 bits per heavy atom. The fourth-order valence-electron chi connectivity index (χ4n) is 4.31. The number of piperidine rings is 1. The fourth-order valence-corrected chi connectivity index (χ4v) is 4.31. The number of anilines is 1. The van der Waals surface area contributed by atoms with Crippen LogP contribution >= 0.6 is 12.4 Å². The molecule has 0 radical (unpaired) electrons. The van der Waals surface area contributed by atoms with Crippen molar-refractivity contribution in [2.75, 3.05) is 31.5 Å². The van der Waals surface area contributed by atoms with Gasteiger partial charge in [0.2, 0.25) is 11.8 Å². The number of nitrogens with zero attached hydrogens (tertiary/aromatic N) is 3. The van der Waals surface area contributed by atoms with Crippen molar-refractivity contribution in [3.8, 4) is 0 Å². The van der Waals surface area contributed by atoms with Gasteiger partial charge in [0.05, 0.1) is 18.0 Å². The quantitative estimate of drug-likeness (QED) is 0.797. The van der Waals surface area contributed by atoms with Crippen molar-refractivity contribution in [2.45, 2.75) is 18.8 Å². The van der Waals surface area contributed by atoms with Crippen molar-refractivity contribution < 1.29 is 9.59 Å². The molecule has 3 atom stereocenters. The van der Waals surface area contributed by atoms with E-state index in [-0.39, 0.29) is 42.0 Å². The maximum Gasteiger partial charge on any atom is 0.229 e. The van der Waals surface area contributed by atoms with E-state index in [9.17, 15) is 9.59 Å². The number of benzene rings is 1. The summed E-state index contributed by atoms with van der Waals surface area (Å²) in [6.45, 7) is 2.68. The first-order valence-corrected chi connectivity index (χ1v) is 9.96. The minimum Gasteiger partial charge on any atom is -0.342 e. The van der Waals surface area contributed by atoms with Gasteiger partial charge in [-0.05, 0) is 30.5 Å². The molecule has 2 aromatic rings. The molecule has 2 aliphatic heterocycles. The molecule has 8 heteroatoms. The molecule has 29 heavy (non-hydrogen) atoms. The zero-order valence-corrected chi connectivity index (χ0v) is 17.4.